The van der Waals surface area contributed by atoms with Gasteiger partial charge >= 0.3 is 0 Å². The van der Waals surface area contributed by atoms with E-state index in [2.05, 4.69) is 10.0 Å². The first kappa shape index (κ1) is 15.0. The summed E-state index contributed by atoms with van der Waals surface area (Å²) in [6.07, 6.45) is 1.02. The second kappa shape index (κ2) is 5.92. The molecular formula is C14H13FN2O3S. The molecule has 0 bridgehead atoms. The number of hydrogen-bond acceptors (Lipinski definition) is 3. The van der Waals surface area contributed by atoms with Crippen LogP contribution in [0.5, 0.6) is 0 Å². The fraction of sp³-hybridized carbons (Fsp3) is 0.0714. The molecule has 110 valence electrons. The van der Waals surface area contributed by atoms with Crippen molar-refractivity contribution in [2.75, 3.05) is 16.3 Å². The third-order valence-corrected chi connectivity index (χ3v) is 3.12. The average Bonchev–Trinajstić information content (AvgIpc) is 2.37. The Morgan fingerprint density at radius 2 is 1.71 bits per heavy atom. The van der Waals surface area contributed by atoms with Crippen molar-refractivity contribution in [3.8, 4) is 0 Å². The first-order chi connectivity index (χ1) is 9.83. The molecule has 21 heavy (non-hydrogen) atoms. The Bertz CT molecular complexity index is 775. The van der Waals surface area contributed by atoms with Gasteiger partial charge in [0.25, 0.3) is 5.91 Å². The monoisotopic (exact) mass is 308 g/mol. The van der Waals surface area contributed by atoms with Gasteiger partial charge in [0.15, 0.2) is 0 Å². The first-order valence-corrected chi connectivity index (χ1v) is 7.87. The van der Waals surface area contributed by atoms with Crippen molar-refractivity contribution >= 4 is 27.3 Å². The van der Waals surface area contributed by atoms with Crippen molar-refractivity contribution in [2.24, 2.45) is 0 Å². The zero-order valence-corrected chi connectivity index (χ0v) is 11.9. The summed E-state index contributed by atoms with van der Waals surface area (Å²) in [7, 11) is -3.42. The Balaban J connectivity index is 2.18. The van der Waals surface area contributed by atoms with Gasteiger partial charge in [0.1, 0.15) is 5.82 Å². The quantitative estimate of drug-likeness (QED) is 0.911. The summed E-state index contributed by atoms with van der Waals surface area (Å²) < 4.78 is 37.6. The number of sulfonamides is 1. The van der Waals surface area contributed by atoms with E-state index in [1.807, 2.05) is 0 Å². The fourth-order valence-electron chi connectivity index (χ4n) is 1.71. The van der Waals surface area contributed by atoms with Crippen LogP contribution in [0.3, 0.4) is 0 Å². The van der Waals surface area contributed by atoms with Gasteiger partial charge in [0.2, 0.25) is 10.0 Å². The summed E-state index contributed by atoms with van der Waals surface area (Å²) in [4.78, 5) is 12.0. The highest BCUT2D eigenvalue weighted by atomic mass is 32.2. The topological polar surface area (TPSA) is 75.3 Å². The molecule has 0 atom stereocenters. The molecular weight excluding hydrogens is 295 g/mol. The SMILES string of the molecule is CS(=O)(=O)Nc1cccc(C(=O)Nc2cccc(F)c2)c1. The molecule has 0 heterocycles. The predicted octanol–water partition coefficient (Wildman–Crippen LogP) is 2.45. The molecule has 7 heteroatoms. The minimum atomic E-state index is -3.42. The molecule has 1 amide bonds. The number of benzene rings is 2. The number of rotatable bonds is 4. The zero-order chi connectivity index (χ0) is 15.5. The minimum absolute atomic E-state index is 0.257. The van der Waals surface area contributed by atoms with Crippen LogP contribution in [0.2, 0.25) is 0 Å². The molecule has 2 aromatic carbocycles. The smallest absolute Gasteiger partial charge is 0.255 e. The summed E-state index contributed by atoms with van der Waals surface area (Å²) in [5.41, 5.74) is 0.860. The molecule has 0 fully saturated rings. The summed E-state index contributed by atoms with van der Waals surface area (Å²) in [5.74, 6) is -0.918. The van der Waals surface area contributed by atoms with Gasteiger partial charge < -0.3 is 5.32 Å². The Labute approximate surface area is 121 Å². The van der Waals surface area contributed by atoms with Gasteiger partial charge in [-0.15, -0.1) is 0 Å². The zero-order valence-electron chi connectivity index (χ0n) is 11.1. The van der Waals surface area contributed by atoms with E-state index in [4.69, 9.17) is 0 Å². The normalized spacial score (nSPS) is 11.0. The molecule has 0 aliphatic heterocycles. The molecule has 0 aromatic heterocycles. The molecule has 2 rings (SSSR count). The molecule has 0 aliphatic rings. The van der Waals surface area contributed by atoms with E-state index in [1.165, 1.54) is 36.4 Å². The van der Waals surface area contributed by atoms with Crippen LogP contribution in [0.25, 0.3) is 0 Å². The number of nitrogens with one attached hydrogen (secondary N) is 2. The van der Waals surface area contributed by atoms with Gasteiger partial charge in [-0.1, -0.05) is 12.1 Å². The van der Waals surface area contributed by atoms with Gasteiger partial charge in [-0.2, -0.15) is 0 Å². The third-order valence-electron chi connectivity index (χ3n) is 2.51. The van der Waals surface area contributed by atoms with Crippen LogP contribution in [0.1, 0.15) is 10.4 Å². The second-order valence-corrected chi connectivity index (χ2v) is 6.17. The van der Waals surface area contributed by atoms with E-state index < -0.39 is 21.7 Å². The molecule has 2 aromatic rings. The summed E-state index contributed by atoms with van der Waals surface area (Å²) in [5, 5.41) is 2.53. The lowest BCUT2D eigenvalue weighted by Gasteiger charge is -2.08. The van der Waals surface area contributed by atoms with Crippen LogP contribution in [0.15, 0.2) is 48.5 Å². The number of hydrogen-bond donors (Lipinski definition) is 2. The summed E-state index contributed by atoms with van der Waals surface area (Å²) >= 11 is 0. The Hall–Kier alpha value is -2.41. The number of carbonyl (C=O) groups excluding carboxylic acids is 1. The minimum Gasteiger partial charge on any atom is -0.322 e. The average molecular weight is 308 g/mol. The van der Waals surface area contributed by atoms with Crippen LogP contribution in [-0.2, 0) is 10.0 Å². The molecule has 0 aliphatic carbocycles. The largest absolute Gasteiger partial charge is 0.322 e. The maximum atomic E-state index is 13.0. The van der Waals surface area contributed by atoms with Gasteiger partial charge in [-0.3, -0.25) is 9.52 Å². The van der Waals surface area contributed by atoms with Crippen LogP contribution in [0, 0.1) is 5.82 Å². The van der Waals surface area contributed by atoms with Crippen LogP contribution < -0.4 is 10.0 Å². The van der Waals surface area contributed by atoms with Gasteiger partial charge in [0.05, 0.1) is 6.26 Å². The number of carbonyl (C=O) groups is 1. The molecule has 0 saturated heterocycles. The third kappa shape index (κ3) is 4.57. The highest BCUT2D eigenvalue weighted by Gasteiger charge is 2.09. The second-order valence-electron chi connectivity index (χ2n) is 4.42. The van der Waals surface area contributed by atoms with E-state index in [0.717, 1.165) is 6.26 Å². The lowest BCUT2D eigenvalue weighted by molar-refractivity contribution is 0.102. The number of halogens is 1. The molecule has 0 spiro atoms. The Morgan fingerprint density at radius 1 is 1.05 bits per heavy atom. The van der Waals surface area contributed by atoms with E-state index in [1.54, 1.807) is 12.1 Å². The number of anilines is 2. The molecule has 0 unspecified atom stereocenters. The molecule has 2 N–H and O–H groups in total. The highest BCUT2D eigenvalue weighted by molar-refractivity contribution is 7.92. The fourth-order valence-corrected chi connectivity index (χ4v) is 2.26. The maximum Gasteiger partial charge on any atom is 0.255 e. The molecule has 5 nitrogen and oxygen atoms in total. The summed E-state index contributed by atoms with van der Waals surface area (Å²) in [6.45, 7) is 0. The van der Waals surface area contributed by atoms with E-state index >= 15 is 0 Å². The van der Waals surface area contributed by atoms with Crippen LogP contribution >= 0.6 is 0 Å². The standard InChI is InChI=1S/C14H13FN2O3S/c1-21(19,20)17-13-7-2-4-10(8-13)14(18)16-12-6-3-5-11(15)9-12/h2-9,17H,1H3,(H,16,18). The van der Waals surface area contributed by atoms with Gasteiger partial charge in [0, 0.05) is 16.9 Å². The highest BCUT2D eigenvalue weighted by Crippen LogP contribution is 2.15. The lowest BCUT2D eigenvalue weighted by Crippen LogP contribution is -2.14. The van der Waals surface area contributed by atoms with Gasteiger partial charge in [-0.05, 0) is 36.4 Å². The number of amides is 1. The first-order valence-electron chi connectivity index (χ1n) is 5.98. The summed E-state index contributed by atoms with van der Waals surface area (Å²) in [6, 6.07) is 11.5. The Morgan fingerprint density at radius 3 is 2.38 bits per heavy atom. The maximum absolute atomic E-state index is 13.0. The van der Waals surface area contributed by atoms with Crippen molar-refractivity contribution in [2.45, 2.75) is 0 Å². The van der Waals surface area contributed by atoms with Crippen LogP contribution in [0.4, 0.5) is 15.8 Å². The van der Waals surface area contributed by atoms with Crippen LogP contribution in [-0.4, -0.2) is 20.6 Å². The molecule has 0 saturated carbocycles. The van der Waals surface area contributed by atoms with Gasteiger partial charge in [-0.25, -0.2) is 12.8 Å². The van der Waals surface area contributed by atoms with Crippen molar-refractivity contribution in [1.29, 1.82) is 0 Å². The molecule has 0 radical (unpaired) electrons. The Kier molecular flexibility index (Phi) is 4.23. The van der Waals surface area contributed by atoms with Crippen molar-refractivity contribution in [3.63, 3.8) is 0 Å². The van der Waals surface area contributed by atoms with Crippen molar-refractivity contribution in [1.82, 2.24) is 0 Å². The lowest BCUT2D eigenvalue weighted by atomic mass is 10.2. The van der Waals surface area contributed by atoms with Crippen molar-refractivity contribution < 1.29 is 17.6 Å². The predicted molar refractivity (Wildman–Crippen MR) is 79.3 cm³/mol. The van der Waals surface area contributed by atoms with Crippen molar-refractivity contribution in [3.05, 3.63) is 59.9 Å². The van der Waals surface area contributed by atoms with E-state index in [9.17, 15) is 17.6 Å². The van der Waals surface area contributed by atoms with E-state index in [0.29, 0.717) is 5.69 Å². The van der Waals surface area contributed by atoms with E-state index in [-0.39, 0.29) is 11.3 Å².